The Bertz CT molecular complexity index is 1100. The van der Waals surface area contributed by atoms with E-state index < -0.39 is 0 Å². The molecule has 28 heavy (non-hydrogen) atoms. The van der Waals surface area contributed by atoms with E-state index in [4.69, 9.17) is 4.74 Å². The lowest BCUT2D eigenvalue weighted by Gasteiger charge is -2.18. The molecule has 2 aromatic carbocycles. The van der Waals surface area contributed by atoms with Crippen molar-refractivity contribution >= 4 is 16.7 Å². The van der Waals surface area contributed by atoms with E-state index in [0.29, 0.717) is 5.52 Å². The molecule has 0 spiro atoms. The summed E-state index contributed by atoms with van der Waals surface area (Å²) in [6.07, 6.45) is 1.86. The van der Waals surface area contributed by atoms with Gasteiger partial charge < -0.3 is 9.84 Å². The predicted molar refractivity (Wildman–Crippen MR) is 110 cm³/mol. The largest absolute Gasteiger partial charge is 0.505 e. The second-order valence-electron chi connectivity index (χ2n) is 6.65. The highest BCUT2D eigenvalue weighted by atomic mass is 16.5. The lowest BCUT2D eigenvalue weighted by atomic mass is 9.96. The molecule has 4 aromatic rings. The van der Waals surface area contributed by atoms with Crippen LogP contribution < -0.4 is 15.0 Å². The molecule has 5 nitrogen and oxygen atoms in total. The van der Waals surface area contributed by atoms with E-state index in [2.05, 4.69) is 15.3 Å². The molecule has 0 fully saturated rings. The summed E-state index contributed by atoms with van der Waals surface area (Å²) in [5.41, 5.74) is 3.23. The second kappa shape index (κ2) is 7.56. The summed E-state index contributed by atoms with van der Waals surface area (Å²) in [5.74, 6) is 1.82. The van der Waals surface area contributed by atoms with E-state index in [1.54, 1.807) is 7.11 Å². The Morgan fingerprint density at radius 3 is 2.50 bits per heavy atom. The van der Waals surface area contributed by atoms with Crippen molar-refractivity contribution in [1.29, 1.82) is 0 Å². The molecule has 2 aromatic heterocycles. The minimum absolute atomic E-state index is 0.186. The van der Waals surface area contributed by atoms with E-state index in [0.717, 1.165) is 33.8 Å². The maximum Gasteiger partial charge on any atom is 0.272 e. The van der Waals surface area contributed by atoms with Gasteiger partial charge >= 0.3 is 0 Å². The number of anilines is 1. The number of H-pyrrole nitrogens is 1. The summed E-state index contributed by atoms with van der Waals surface area (Å²) in [6.45, 7) is 1.92. The first kappa shape index (κ1) is 17.8. The fourth-order valence-electron chi connectivity index (χ4n) is 3.30. The minimum atomic E-state index is -0.267. The van der Waals surface area contributed by atoms with Crippen LogP contribution in [0.3, 0.4) is 0 Å². The van der Waals surface area contributed by atoms with Crippen LogP contribution in [0, 0.1) is 6.92 Å². The van der Waals surface area contributed by atoms with Gasteiger partial charge in [-0.15, -0.1) is 0 Å². The highest BCUT2D eigenvalue weighted by Crippen LogP contribution is 2.36. The van der Waals surface area contributed by atoms with E-state index in [1.165, 1.54) is 0 Å². The SMILES string of the molecule is COc1ccc([C@@H](Nc2cccc[nH+]2)c2ccc3ccc(C)nc3c2O)cc1. The standard InChI is InChI=1S/C23H21N3O2/c1-15-6-7-17-10-13-19(23(27)22(17)25-15)21(26-20-5-3-4-14-24-20)16-8-11-18(28-2)12-9-16/h3-14,21,27H,1-2H3,(H,24,26)/p+1/t21-/m1/s1. The van der Waals surface area contributed by atoms with Crippen LogP contribution in [-0.4, -0.2) is 17.2 Å². The molecule has 1 atom stereocenters. The Hall–Kier alpha value is -3.60. The van der Waals surface area contributed by atoms with E-state index in [9.17, 15) is 5.11 Å². The quantitative estimate of drug-likeness (QED) is 0.549. The number of hydrogen-bond donors (Lipinski definition) is 2. The summed E-state index contributed by atoms with van der Waals surface area (Å²) in [7, 11) is 1.65. The van der Waals surface area contributed by atoms with Crippen molar-refractivity contribution in [3.8, 4) is 11.5 Å². The lowest BCUT2D eigenvalue weighted by Crippen LogP contribution is -2.18. The number of benzene rings is 2. The molecule has 0 saturated carbocycles. The van der Waals surface area contributed by atoms with E-state index in [1.807, 2.05) is 79.9 Å². The third kappa shape index (κ3) is 3.47. The average Bonchev–Trinajstić information content (AvgIpc) is 2.74. The Balaban J connectivity index is 1.84. The molecule has 0 unspecified atom stereocenters. The van der Waals surface area contributed by atoms with Crippen molar-refractivity contribution in [2.75, 3.05) is 12.4 Å². The Morgan fingerprint density at radius 2 is 1.79 bits per heavy atom. The first-order chi connectivity index (χ1) is 13.7. The van der Waals surface area contributed by atoms with Crippen LogP contribution in [0.2, 0.25) is 0 Å². The molecule has 0 aliphatic heterocycles. The molecular weight excluding hydrogens is 350 g/mol. The van der Waals surface area contributed by atoms with Crippen LogP contribution in [0.15, 0.2) is 72.9 Å². The Kier molecular flexibility index (Phi) is 4.81. The molecule has 0 saturated heterocycles. The second-order valence-corrected chi connectivity index (χ2v) is 6.65. The number of ether oxygens (including phenoxy) is 1. The van der Waals surface area contributed by atoms with Gasteiger partial charge in [-0.1, -0.05) is 30.3 Å². The van der Waals surface area contributed by atoms with Crippen molar-refractivity contribution in [2.45, 2.75) is 13.0 Å². The summed E-state index contributed by atoms with van der Waals surface area (Å²) in [6, 6.07) is 21.2. The Labute approximate surface area is 163 Å². The number of pyridine rings is 2. The number of aromatic nitrogens is 2. The molecule has 0 aliphatic carbocycles. The van der Waals surface area contributed by atoms with Gasteiger partial charge in [0.1, 0.15) is 23.1 Å². The van der Waals surface area contributed by atoms with Crippen LogP contribution in [0.25, 0.3) is 10.9 Å². The van der Waals surface area contributed by atoms with Gasteiger partial charge in [-0.2, -0.15) is 0 Å². The molecule has 0 aliphatic rings. The zero-order valence-corrected chi connectivity index (χ0v) is 15.8. The topological polar surface area (TPSA) is 68.5 Å². The molecule has 0 amide bonds. The molecule has 0 radical (unpaired) electrons. The maximum atomic E-state index is 11.0. The number of phenols is 1. The number of rotatable bonds is 5. The molecule has 4 rings (SSSR count). The molecule has 0 bridgehead atoms. The van der Waals surface area contributed by atoms with Crippen LogP contribution in [0.4, 0.5) is 5.82 Å². The monoisotopic (exact) mass is 372 g/mol. The van der Waals surface area contributed by atoms with Gasteiger partial charge in [0.25, 0.3) is 5.82 Å². The number of hydrogen-bond acceptors (Lipinski definition) is 4. The molecular formula is C23H22N3O2+. The van der Waals surface area contributed by atoms with Crippen LogP contribution in [-0.2, 0) is 0 Å². The third-order valence-corrected chi connectivity index (χ3v) is 4.77. The summed E-state index contributed by atoms with van der Waals surface area (Å²) in [4.78, 5) is 7.73. The summed E-state index contributed by atoms with van der Waals surface area (Å²) < 4.78 is 5.28. The number of aromatic amines is 1. The van der Waals surface area contributed by atoms with Gasteiger partial charge in [0.05, 0.1) is 13.3 Å². The molecule has 5 heteroatoms. The van der Waals surface area contributed by atoms with E-state index >= 15 is 0 Å². The van der Waals surface area contributed by atoms with E-state index in [-0.39, 0.29) is 11.8 Å². The van der Waals surface area contributed by atoms with Crippen molar-refractivity contribution < 1.29 is 14.8 Å². The van der Waals surface area contributed by atoms with Crippen molar-refractivity contribution in [3.63, 3.8) is 0 Å². The first-order valence-electron chi connectivity index (χ1n) is 9.12. The molecule has 140 valence electrons. The number of aryl methyl sites for hydroxylation is 1. The van der Waals surface area contributed by atoms with Gasteiger partial charge in [-0.05, 0) is 37.3 Å². The normalized spacial score (nSPS) is 11.9. The number of nitrogens with zero attached hydrogens (tertiary/aromatic N) is 1. The number of methoxy groups -OCH3 is 1. The van der Waals surface area contributed by atoms with Crippen molar-refractivity contribution in [1.82, 2.24) is 4.98 Å². The van der Waals surface area contributed by atoms with Gasteiger partial charge in [0.2, 0.25) is 0 Å². The fourth-order valence-corrected chi connectivity index (χ4v) is 3.30. The third-order valence-electron chi connectivity index (χ3n) is 4.77. The average molecular weight is 372 g/mol. The van der Waals surface area contributed by atoms with Crippen LogP contribution in [0.1, 0.15) is 22.9 Å². The molecule has 2 heterocycles. The predicted octanol–water partition coefficient (Wildman–Crippen LogP) is 4.27. The highest BCUT2D eigenvalue weighted by Gasteiger charge is 2.24. The van der Waals surface area contributed by atoms with Gasteiger partial charge in [0, 0.05) is 28.3 Å². The first-order valence-corrected chi connectivity index (χ1v) is 9.12. The van der Waals surface area contributed by atoms with Gasteiger partial charge in [-0.3, -0.25) is 5.32 Å². The zero-order valence-electron chi connectivity index (χ0n) is 15.8. The zero-order chi connectivity index (χ0) is 19.5. The number of aromatic hydroxyl groups is 1. The lowest BCUT2D eigenvalue weighted by molar-refractivity contribution is -0.361. The van der Waals surface area contributed by atoms with Crippen LogP contribution in [0.5, 0.6) is 11.5 Å². The van der Waals surface area contributed by atoms with Crippen LogP contribution >= 0.6 is 0 Å². The minimum Gasteiger partial charge on any atom is -0.505 e. The van der Waals surface area contributed by atoms with Crippen molar-refractivity contribution in [3.05, 3.63) is 89.7 Å². The van der Waals surface area contributed by atoms with Crippen molar-refractivity contribution in [2.24, 2.45) is 0 Å². The summed E-state index contributed by atoms with van der Waals surface area (Å²) in [5, 5.41) is 15.4. The van der Waals surface area contributed by atoms with Gasteiger partial charge in [-0.25, -0.2) is 9.97 Å². The molecule has 3 N–H and O–H groups in total. The number of nitrogens with one attached hydrogen (secondary N) is 2. The Morgan fingerprint density at radius 1 is 1.00 bits per heavy atom. The summed E-state index contributed by atoms with van der Waals surface area (Å²) >= 11 is 0. The number of phenolic OH excluding ortho intramolecular Hbond substituents is 1. The smallest absolute Gasteiger partial charge is 0.272 e. The maximum absolute atomic E-state index is 11.0. The van der Waals surface area contributed by atoms with Gasteiger partial charge in [0.15, 0.2) is 0 Å². The highest BCUT2D eigenvalue weighted by molar-refractivity contribution is 5.86. The fraction of sp³-hybridized carbons (Fsp3) is 0.130. The number of fused-ring (bicyclic) bond motifs is 1.